The van der Waals surface area contributed by atoms with Crippen LogP contribution in [-0.2, 0) is 16.4 Å². The standard InChI is InChI=1S/C16H21N3O2S/c1-22(20,21)19-9-2-3-13(6-10-19)11-14-4-8-18-16-5-7-17-12-15(14)16/h4-5,7-8,12-13H,2-3,6,9-11H2,1H3/t13-/m1/s1. The second kappa shape index (κ2) is 6.30. The Balaban J connectivity index is 1.75. The fraction of sp³-hybridized carbons (Fsp3) is 0.500. The SMILES string of the molecule is CS(=O)(=O)N1CCC[C@@H](Cc2ccnc3ccncc23)CC1. The molecule has 1 atom stereocenters. The fourth-order valence-corrected chi connectivity index (χ4v) is 4.11. The molecule has 0 bridgehead atoms. The Hall–Kier alpha value is -1.53. The molecule has 3 rings (SSSR count). The predicted molar refractivity (Wildman–Crippen MR) is 87.0 cm³/mol. The Morgan fingerprint density at radius 3 is 2.91 bits per heavy atom. The average molecular weight is 319 g/mol. The Bertz CT molecular complexity index is 756. The van der Waals surface area contributed by atoms with Gasteiger partial charge in [-0.3, -0.25) is 9.97 Å². The topological polar surface area (TPSA) is 63.2 Å². The molecule has 1 aliphatic rings. The number of nitrogens with zero attached hydrogens (tertiary/aromatic N) is 3. The summed E-state index contributed by atoms with van der Waals surface area (Å²) in [6.45, 7) is 1.28. The number of sulfonamides is 1. The Kier molecular flexibility index (Phi) is 4.40. The Labute approximate surface area is 131 Å². The molecule has 22 heavy (non-hydrogen) atoms. The minimum atomic E-state index is -3.07. The third-order valence-corrected chi connectivity index (χ3v) is 5.72. The molecule has 0 amide bonds. The molecule has 3 heterocycles. The molecular weight excluding hydrogens is 298 g/mol. The highest BCUT2D eigenvalue weighted by Gasteiger charge is 2.23. The van der Waals surface area contributed by atoms with Gasteiger partial charge in [0.15, 0.2) is 0 Å². The first-order valence-corrected chi connectivity index (χ1v) is 9.51. The third kappa shape index (κ3) is 3.44. The molecule has 0 saturated carbocycles. The first-order chi connectivity index (χ1) is 10.5. The maximum Gasteiger partial charge on any atom is 0.211 e. The zero-order chi connectivity index (χ0) is 15.6. The van der Waals surface area contributed by atoms with Crippen LogP contribution >= 0.6 is 0 Å². The van der Waals surface area contributed by atoms with Crippen LogP contribution in [0.25, 0.3) is 10.9 Å². The van der Waals surface area contributed by atoms with E-state index >= 15 is 0 Å². The van der Waals surface area contributed by atoms with Crippen LogP contribution < -0.4 is 0 Å². The highest BCUT2D eigenvalue weighted by molar-refractivity contribution is 7.88. The second-order valence-corrected chi connectivity index (χ2v) is 8.01. The van der Waals surface area contributed by atoms with Crippen LogP contribution in [0.1, 0.15) is 24.8 Å². The van der Waals surface area contributed by atoms with Gasteiger partial charge in [-0.25, -0.2) is 12.7 Å². The van der Waals surface area contributed by atoms with E-state index in [0.29, 0.717) is 19.0 Å². The lowest BCUT2D eigenvalue weighted by Gasteiger charge is -2.17. The van der Waals surface area contributed by atoms with E-state index in [1.807, 2.05) is 18.5 Å². The molecule has 1 aliphatic heterocycles. The molecule has 0 aromatic carbocycles. The van der Waals surface area contributed by atoms with Crippen LogP contribution in [0, 0.1) is 5.92 Å². The molecule has 5 nitrogen and oxygen atoms in total. The monoisotopic (exact) mass is 319 g/mol. The lowest BCUT2D eigenvalue weighted by Crippen LogP contribution is -2.30. The molecule has 2 aromatic heterocycles. The predicted octanol–water partition coefficient (Wildman–Crippen LogP) is 2.23. The average Bonchev–Trinajstić information content (AvgIpc) is 2.73. The zero-order valence-electron chi connectivity index (χ0n) is 12.8. The maximum absolute atomic E-state index is 11.7. The van der Waals surface area contributed by atoms with E-state index in [9.17, 15) is 8.42 Å². The molecule has 2 aromatic rings. The molecule has 1 fully saturated rings. The van der Waals surface area contributed by atoms with Gasteiger partial charge in [-0.2, -0.15) is 0 Å². The quantitative estimate of drug-likeness (QED) is 0.870. The fourth-order valence-electron chi connectivity index (χ4n) is 3.21. The van der Waals surface area contributed by atoms with Crippen LogP contribution in [0.3, 0.4) is 0 Å². The summed E-state index contributed by atoms with van der Waals surface area (Å²) in [5.74, 6) is 0.512. The zero-order valence-corrected chi connectivity index (χ0v) is 13.6. The van der Waals surface area contributed by atoms with Crippen molar-refractivity contribution < 1.29 is 8.42 Å². The van der Waals surface area contributed by atoms with Gasteiger partial charge in [-0.15, -0.1) is 0 Å². The van der Waals surface area contributed by atoms with Gasteiger partial charge in [0.2, 0.25) is 10.0 Å². The lowest BCUT2D eigenvalue weighted by molar-refractivity contribution is 0.414. The van der Waals surface area contributed by atoms with Crippen molar-refractivity contribution in [2.45, 2.75) is 25.7 Å². The molecule has 0 N–H and O–H groups in total. The molecule has 0 spiro atoms. The normalized spacial score (nSPS) is 20.9. The Morgan fingerprint density at radius 2 is 2.09 bits per heavy atom. The second-order valence-electron chi connectivity index (χ2n) is 6.03. The van der Waals surface area contributed by atoms with Crippen molar-refractivity contribution in [1.82, 2.24) is 14.3 Å². The van der Waals surface area contributed by atoms with Gasteiger partial charge < -0.3 is 0 Å². The maximum atomic E-state index is 11.7. The van der Waals surface area contributed by atoms with Gasteiger partial charge in [-0.05, 0) is 49.3 Å². The van der Waals surface area contributed by atoms with Crippen molar-refractivity contribution in [3.05, 3.63) is 36.3 Å². The molecule has 0 unspecified atom stereocenters. The van der Waals surface area contributed by atoms with Crippen molar-refractivity contribution in [1.29, 1.82) is 0 Å². The van der Waals surface area contributed by atoms with Gasteiger partial charge in [0.05, 0.1) is 11.8 Å². The van der Waals surface area contributed by atoms with E-state index in [2.05, 4.69) is 16.0 Å². The summed E-state index contributed by atoms with van der Waals surface area (Å²) < 4.78 is 25.0. The van der Waals surface area contributed by atoms with Gasteiger partial charge in [0.25, 0.3) is 0 Å². The van der Waals surface area contributed by atoms with Gasteiger partial charge in [0.1, 0.15) is 0 Å². The number of fused-ring (bicyclic) bond motifs is 1. The van der Waals surface area contributed by atoms with Gasteiger partial charge in [0, 0.05) is 37.1 Å². The molecule has 6 heteroatoms. The number of hydrogen-bond acceptors (Lipinski definition) is 4. The smallest absolute Gasteiger partial charge is 0.211 e. The van der Waals surface area contributed by atoms with Crippen molar-refractivity contribution in [2.75, 3.05) is 19.3 Å². The summed E-state index contributed by atoms with van der Waals surface area (Å²) in [6.07, 6.45) is 10.6. The molecular formula is C16H21N3O2S. The first kappa shape index (κ1) is 15.4. The van der Waals surface area contributed by atoms with Crippen molar-refractivity contribution in [3.8, 4) is 0 Å². The van der Waals surface area contributed by atoms with Crippen LogP contribution in [0.5, 0.6) is 0 Å². The summed E-state index contributed by atoms with van der Waals surface area (Å²) in [5, 5.41) is 1.11. The summed E-state index contributed by atoms with van der Waals surface area (Å²) in [5.41, 5.74) is 2.23. The lowest BCUT2D eigenvalue weighted by atomic mass is 9.92. The van der Waals surface area contributed by atoms with E-state index in [-0.39, 0.29) is 0 Å². The van der Waals surface area contributed by atoms with Crippen LogP contribution in [0.4, 0.5) is 0 Å². The van der Waals surface area contributed by atoms with Gasteiger partial charge >= 0.3 is 0 Å². The van der Waals surface area contributed by atoms with Gasteiger partial charge in [-0.1, -0.05) is 0 Å². The Morgan fingerprint density at radius 1 is 1.23 bits per heavy atom. The molecule has 118 valence electrons. The van der Waals surface area contributed by atoms with Crippen molar-refractivity contribution in [2.24, 2.45) is 5.92 Å². The van der Waals surface area contributed by atoms with Crippen molar-refractivity contribution >= 4 is 20.9 Å². The molecule has 0 radical (unpaired) electrons. The third-order valence-electron chi connectivity index (χ3n) is 4.42. The molecule has 1 saturated heterocycles. The van der Waals surface area contributed by atoms with Crippen LogP contribution in [0.2, 0.25) is 0 Å². The first-order valence-electron chi connectivity index (χ1n) is 7.67. The highest BCUT2D eigenvalue weighted by atomic mass is 32.2. The largest absolute Gasteiger partial charge is 0.264 e. The van der Waals surface area contributed by atoms with E-state index in [1.165, 1.54) is 11.8 Å². The number of rotatable bonds is 3. The summed E-state index contributed by atoms with van der Waals surface area (Å²) in [7, 11) is -3.07. The number of pyridine rings is 2. The number of aromatic nitrogens is 2. The van der Waals surface area contributed by atoms with E-state index in [1.54, 1.807) is 10.5 Å². The van der Waals surface area contributed by atoms with Crippen LogP contribution in [0.15, 0.2) is 30.7 Å². The summed E-state index contributed by atoms with van der Waals surface area (Å²) >= 11 is 0. The van der Waals surface area contributed by atoms with Crippen molar-refractivity contribution in [3.63, 3.8) is 0 Å². The van der Waals surface area contributed by atoms with E-state index in [4.69, 9.17) is 0 Å². The minimum Gasteiger partial charge on any atom is -0.264 e. The van der Waals surface area contributed by atoms with Crippen LogP contribution in [-0.4, -0.2) is 42.0 Å². The van der Waals surface area contributed by atoms with E-state index < -0.39 is 10.0 Å². The number of hydrogen-bond donors (Lipinski definition) is 0. The summed E-state index contributed by atoms with van der Waals surface area (Å²) in [4.78, 5) is 8.57. The minimum absolute atomic E-state index is 0.512. The molecule has 0 aliphatic carbocycles. The van der Waals surface area contributed by atoms with E-state index in [0.717, 1.165) is 36.6 Å². The summed E-state index contributed by atoms with van der Waals surface area (Å²) in [6, 6.07) is 3.99. The highest BCUT2D eigenvalue weighted by Crippen LogP contribution is 2.25.